The SMILES string of the molecule is CC(C)(CO)S(=O)(=O)C1(C[N+]2=CCc3c(n[nH]c3CNCc3ccc(C#N)cc3)C2=O)CC1. The zero-order valence-electron chi connectivity index (χ0n) is 18.8. The van der Waals surface area contributed by atoms with Crippen LogP contribution in [0.2, 0.25) is 0 Å². The second kappa shape index (κ2) is 8.48. The van der Waals surface area contributed by atoms with E-state index >= 15 is 0 Å². The van der Waals surface area contributed by atoms with Gasteiger partial charge in [-0.15, -0.1) is 0 Å². The topological polar surface area (TPSA) is 139 Å². The number of sulfone groups is 1. The molecule has 0 saturated heterocycles. The normalized spacial score (nSPS) is 17.3. The lowest BCUT2D eigenvalue weighted by Gasteiger charge is -2.27. The third-order valence-electron chi connectivity index (χ3n) is 6.59. The molecule has 9 nitrogen and oxygen atoms in total. The fourth-order valence-electron chi connectivity index (χ4n) is 4.16. The van der Waals surface area contributed by atoms with Gasteiger partial charge in [0.15, 0.2) is 22.6 Å². The van der Waals surface area contributed by atoms with E-state index in [-0.39, 0.29) is 12.5 Å². The highest BCUT2D eigenvalue weighted by molar-refractivity contribution is 7.94. The van der Waals surface area contributed by atoms with E-state index in [0.29, 0.717) is 43.6 Å². The predicted molar refractivity (Wildman–Crippen MR) is 122 cm³/mol. The van der Waals surface area contributed by atoms with Gasteiger partial charge in [-0.25, -0.2) is 13.2 Å². The maximum atomic E-state index is 13.1. The number of aliphatic hydroxyl groups is 1. The molecule has 2 aromatic rings. The van der Waals surface area contributed by atoms with Gasteiger partial charge in [0.1, 0.15) is 4.75 Å². The van der Waals surface area contributed by atoms with Crippen molar-refractivity contribution >= 4 is 22.0 Å². The van der Waals surface area contributed by atoms with Crippen LogP contribution >= 0.6 is 0 Å². The van der Waals surface area contributed by atoms with Crippen LogP contribution in [0, 0.1) is 11.3 Å². The monoisotopic (exact) mass is 470 g/mol. The van der Waals surface area contributed by atoms with Crippen molar-refractivity contribution in [1.29, 1.82) is 5.26 Å². The number of nitrogens with one attached hydrogen (secondary N) is 2. The van der Waals surface area contributed by atoms with Crippen LogP contribution in [0.5, 0.6) is 0 Å². The molecule has 1 fully saturated rings. The van der Waals surface area contributed by atoms with Crippen LogP contribution < -0.4 is 5.32 Å². The average Bonchev–Trinajstić information content (AvgIpc) is 3.49. The molecule has 0 bridgehead atoms. The Morgan fingerprint density at radius 3 is 2.58 bits per heavy atom. The molecule has 1 saturated carbocycles. The van der Waals surface area contributed by atoms with E-state index in [1.54, 1.807) is 18.3 Å². The standard InChI is InChI=1S/C23H27N5O4S/c1-22(2,15-29)33(31,32)23(8-9-23)14-28-10-7-18-19(26-27-20(18)21(28)30)13-25-12-17-5-3-16(11-24)4-6-17/h3-6,10,25,29H,7-9,12-15H2,1-2H3/p+1. The molecule has 1 aliphatic carbocycles. The number of aromatic amines is 1. The highest BCUT2D eigenvalue weighted by atomic mass is 32.2. The fraction of sp³-hybridized carbons (Fsp3) is 0.478. The molecule has 0 radical (unpaired) electrons. The van der Waals surface area contributed by atoms with E-state index in [9.17, 15) is 18.3 Å². The number of aromatic nitrogens is 2. The zero-order valence-corrected chi connectivity index (χ0v) is 19.6. The van der Waals surface area contributed by atoms with Crippen molar-refractivity contribution in [3.05, 3.63) is 52.3 Å². The number of amides is 1. The van der Waals surface area contributed by atoms with Gasteiger partial charge < -0.3 is 10.4 Å². The Labute approximate surface area is 193 Å². The summed E-state index contributed by atoms with van der Waals surface area (Å²) in [6, 6.07) is 9.42. The summed E-state index contributed by atoms with van der Waals surface area (Å²) in [6.07, 6.45) is 3.18. The molecule has 1 aromatic carbocycles. The molecule has 0 spiro atoms. The Morgan fingerprint density at radius 1 is 1.27 bits per heavy atom. The van der Waals surface area contributed by atoms with Gasteiger partial charge in [-0.1, -0.05) is 12.1 Å². The minimum Gasteiger partial charge on any atom is -0.395 e. The number of hydrogen-bond acceptors (Lipinski definition) is 7. The van der Waals surface area contributed by atoms with Crippen LogP contribution in [0.1, 0.15) is 59.6 Å². The number of H-pyrrole nitrogens is 1. The van der Waals surface area contributed by atoms with Crippen molar-refractivity contribution in [2.24, 2.45) is 0 Å². The van der Waals surface area contributed by atoms with Crippen LogP contribution in [-0.4, -0.2) is 63.1 Å². The first kappa shape index (κ1) is 23.3. The van der Waals surface area contributed by atoms with Gasteiger partial charge in [-0.05, 0) is 44.4 Å². The van der Waals surface area contributed by atoms with Crippen LogP contribution in [0.25, 0.3) is 0 Å². The first-order valence-electron chi connectivity index (χ1n) is 10.9. The summed E-state index contributed by atoms with van der Waals surface area (Å²) in [5.74, 6) is -0.311. The number of rotatable bonds is 9. The lowest BCUT2D eigenvalue weighted by atomic mass is 10.1. The summed E-state index contributed by atoms with van der Waals surface area (Å²) in [5, 5.41) is 28.9. The third-order valence-corrected chi connectivity index (χ3v) is 9.85. The Balaban J connectivity index is 1.43. The molecule has 0 atom stereocenters. The summed E-state index contributed by atoms with van der Waals surface area (Å²) in [7, 11) is -3.63. The smallest absolute Gasteiger partial charge is 0.395 e. The van der Waals surface area contributed by atoms with Crippen molar-refractivity contribution in [3.8, 4) is 6.07 Å². The lowest BCUT2D eigenvalue weighted by Crippen LogP contribution is -2.48. The molecular formula is C23H28N5O4S+. The maximum Gasteiger partial charge on any atom is 0.439 e. The molecule has 174 valence electrons. The molecule has 1 aliphatic heterocycles. The van der Waals surface area contributed by atoms with Crippen LogP contribution in [0.15, 0.2) is 24.3 Å². The number of nitrogens with zero attached hydrogens (tertiary/aromatic N) is 3. The summed E-state index contributed by atoms with van der Waals surface area (Å²) < 4.78 is 25.4. The predicted octanol–water partition coefficient (Wildman–Crippen LogP) is 1.07. The number of carbonyl (C=O) groups is 1. The molecular weight excluding hydrogens is 442 g/mol. The number of benzene rings is 1. The summed E-state index contributed by atoms with van der Waals surface area (Å²) in [6.45, 7) is 3.75. The molecule has 1 amide bonds. The van der Waals surface area contributed by atoms with Gasteiger partial charge in [0.2, 0.25) is 5.69 Å². The van der Waals surface area contributed by atoms with Crippen LogP contribution in [-0.2, 0) is 29.3 Å². The second-order valence-electron chi connectivity index (χ2n) is 9.37. The van der Waals surface area contributed by atoms with E-state index in [4.69, 9.17) is 5.26 Å². The van der Waals surface area contributed by atoms with Gasteiger partial charge in [-0.2, -0.15) is 14.9 Å². The summed E-state index contributed by atoms with van der Waals surface area (Å²) >= 11 is 0. The Morgan fingerprint density at radius 2 is 1.97 bits per heavy atom. The Bertz CT molecular complexity index is 1250. The largest absolute Gasteiger partial charge is 0.439 e. The first-order valence-corrected chi connectivity index (χ1v) is 12.4. The molecule has 3 N–H and O–H groups in total. The van der Waals surface area contributed by atoms with Crippen LogP contribution in [0.4, 0.5) is 0 Å². The number of carbonyl (C=O) groups excluding carboxylic acids is 1. The van der Waals surface area contributed by atoms with E-state index in [0.717, 1.165) is 16.8 Å². The Kier molecular flexibility index (Phi) is 5.99. The molecule has 4 rings (SSSR count). The molecule has 1 aromatic heterocycles. The fourth-order valence-corrected chi connectivity index (χ4v) is 6.45. The maximum absolute atomic E-state index is 13.1. The Hall–Kier alpha value is -2.87. The number of aliphatic hydroxyl groups excluding tert-OH is 1. The van der Waals surface area contributed by atoms with Gasteiger partial charge in [0.05, 0.1) is 35.1 Å². The molecule has 10 heteroatoms. The second-order valence-corrected chi connectivity index (χ2v) is 12.3. The number of fused-ring (bicyclic) bond motifs is 1. The molecule has 33 heavy (non-hydrogen) atoms. The first-order chi connectivity index (χ1) is 15.6. The quantitative estimate of drug-likeness (QED) is 0.466. The highest BCUT2D eigenvalue weighted by Crippen LogP contribution is 2.48. The zero-order chi connectivity index (χ0) is 23.9. The van der Waals surface area contributed by atoms with E-state index in [1.165, 1.54) is 18.4 Å². The van der Waals surface area contributed by atoms with Crippen LogP contribution in [0.3, 0.4) is 0 Å². The molecule has 0 unspecified atom stereocenters. The average molecular weight is 471 g/mol. The van der Waals surface area contributed by atoms with Gasteiger partial charge in [0, 0.05) is 18.7 Å². The summed E-state index contributed by atoms with van der Waals surface area (Å²) in [5.41, 5.74) is 3.60. The van der Waals surface area contributed by atoms with Crippen molar-refractivity contribution < 1.29 is 22.9 Å². The minimum absolute atomic E-state index is 0.0795. The van der Waals surface area contributed by atoms with Crippen molar-refractivity contribution in [1.82, 2.24) is 15.5 Å². The van der Waals surface area contributed by atoms with Gasteiger partial charge in [-0.3, -0.25) is 5.10 Å². The number of nitriles is 1. The van der Waals surface area contributed by atoms with Crippen molar-refractivity contribution in [2.75, 3.05) is 13.2 Å². The molecule has 2 aliphatic rings. The highest BCUT2D eigenvalue weighted by Gasteiger charge is 2.63. The van der Waals surface area contributed by atoms with E-state index in [2.05, 4.69) is 21.6 Å². The summed E-state index contributed by atoms with van der Waals surface area (Å²) in [4.78, 5) is 13.1. The number of hydrogen-bond donors (Lipinski definition) is 3. The minimum atomic E-state index is -3.63. The van der Waals surface area contributed by atoms with Crippen molar-refractivity contribution in [3.63, 3.8) is 0 Å². The van der Waals surface area contributed by atoms with E-state index < -0.39 is 25.9 Å². The van der Waals surface area contributed by atoms with Gasteiger partial charge >= 0.3 is 5.91 Å². The van der Waals surface area contributed by atoms with Gasteiger partial charge in [0.25, 0.3) is 0 Å². The third kappa shape index (κ3) is 4.12. The van der Waals surface area contributed by atoms with Crippen molar-refractivity contribution in [2.45, 2.75) is 55.7 Å². The van der Waals surface area contributed by atoms with E-state index in [1.807, 2.05) is 12.1 Å². The lowest BCUT2D eigenvalue weighted by molar-refractivity contribution is -0.427. The molecule has 2 heterocycles.